The number of benzene rings is 2. The number of rotatable bonds is 5. The Balaban J connectivity index is 1.45. The average molecular weight is 409 g/mol. The zero-order valence-corrected chi connectivity index (χ0v) is 17.6. The highest BCUT2D eigenvalue weighted by Gasteiger charge is 2.30. The van der Waals surface area contributed by atoms with Crippen molar-refractivity contribution in [2.24, 2.45) is 0 Å². The number of anilines is 1. The van der Waals surface area contributed by atoms with Crippen LogP contribution in [0.25, 0.3) is 17.1 Å². The first-order valence-electron chi connectivity index (χ1n) is 10.4. The molecule has 4 aromatic rings. The smallest absolute Gasteiger partial charge is 0.233 e. The largest absolute Gasteiger partial charge is 0.292 e. The fourth-order valence-corrected chi connectivity index (χ4v) is 3.99. The molecule has 0 spiro atoms. The molecule has 0 aliphatic carbocycles. The summed E-state index contributed by atoms with van der Waals surface area (Å²) >= 11 is 0. The van der Waals surface area contributed by atoms with Crippen molar-refractivity contribution >= 4 is 11.7 Å². The van der Waals surface area contributed by atoms with Crippen LogP contribution in [0, 0.1) is 0 Å². The van der Waals surface area contributed by atoms with Crippen molar-refractivity contribution in [1.82, 2.24) is 19.7 Å². The molecule has 154 valence electrons. The molecule has 1 aliphatic heterocycles. The number of carbonyl (C=O) groups excluding carboxylic acids is 1. The van der Waals surface area contributed by atoms with E-state index in [9.17, 15) is 4.79 Å². The number of amides is 1. The van der Waals surface area contributed by atoms with Gasteiger partial charge in [0.2, 0.25) is 5.91 Å². The standard InChI is InChI=1S/C25H23N5O/c1-17(2)21-6-3-4-7-22(21)24-26-15-19-14-23(31)29(25(19)28-24)16-18-8-10-20(11-9-18)30-13-5-12-27-30/h3-13,15,17H,14,16H2,1-2H3. The lowest BCUT2D eigenvalue weighted by Crippen LogP contribution is -2.26. The Bertz CT molecular complexity index is 1230. The average Bonchev–Trinajstić information content (AvgIpc) is 3.43. The first-order valence-corrected chi connectivity index (χ1v) is 10.4. The van der Waals surface area contributed by atoms with Crippen LogP contribution in [-0.2, 0) is 17.8 Å². The number of fused-ring (bicyclic) bond motifs is 1. The van der Waals surface area contributed by atoms with E-state index in [2.05, 4.69) is 30.0 Å². The Morgan fingerprint density at radius 1 is 1.03 bits per heavy atom. The quantitative estimate of drug-likeness (QED) is 0.485. The summed E-state index contributed by atoms with van der Waals surface area (Å²) in [7, 11) is 0. The van der Waals surface area contributed by atoms with Gasteiger partial charge in [-0.25, -0.2) is 14.6 Å². The van der Waals surface area contributed by atoms with E-state index in [-0.39, 0.29) is 5.91 Å². The van der Waals surface area contributed by atoms with Gasteiger partial charge in [0.15, 0.2) is 5.82 Å². The van der Waals surface area contributed by atoms with Gasteiger partial charge in [-0.05, 0) is 35.2 Å². The molecule has 0 saturated heterocycles. The Morgan fingerprint density at radius 3 is 2.58 bits per heavy atom. The summed E-state index contributed by atoms with van der Waals surface area (Å²) in [6.07, 6.45) is 5.80. The van der Waals surface area contributed by atoms with E-state index in [4.69, 9.17) is 4.98 Å². The molecule has 0 fully saturated rings. The highest BCUT2D eigenvalue weighted by atomic mass is 16.2. The molecule has 0 saturated carbocycles. The number of carbonyl (C=O) groups is 1. The predicted molar refractivity (Wildman–Crippen MR) is 120 cm³/mol. The van der Waals surface area contributed by atoms with Gasteiger partial charge in [-0.1, -0.05) is 50.2 Å². The van der Waals surface area contributed by atoms with E-state index >= 15 is 0 Å². The summed E-state index contributed by atoms with van der Waals surface area (Å²) in [5.41, 5.74) is 5.12. The van der Waals surface area contributed by atoms with Crippen LogP contribution in [0.3, 0.4) is 0 Å². The molecule has 0 N–H and O–H groups in total. The van der Waals surface area contributed by atoms with Crippen LogP contribution in [0.15, 0.2) is 73.2 Å². The van der Waals surface area contributed by atoms with E-state index < -0.39 is 0 Å². The number of aromatic nitrogens is 4. The van der Waals surface area contributed by atoms with Crippen LogP contribution >= 0.6 is 0 Å². The number of hydrogen-bond acceptors (Lipinski definition) is 4. The third-order valence-electron chi connectivity index (χ3n) is 5.61. The molecule has 3 heterocycles. The molecular formula is C25H23N5O. The minimum absolute atomic E-state index is 0.0507. The van der Waals surface area contributed by atoms with Crippen molar-refractivity contribution in [3.63, 3.8) is 0 Å². The molecule has 0 bridgehead atoms. The van der Waals surface area contributed by atoms with Gasteiger partial charge in [-0.2, -0.15) is 5.10 Å². The second-order valence-electron chi connectivity index (χ2n) is 8.06. The molecule has 1 amide bonds. The SMILES string of the molecule is CC(C)c1ccccc1-c1ncc2c(n1)N(Cc1ccc(-n3cccn3)cc1)C(=O)C2. The lowest BCUT2D eigenvalue weighted by Gasteiger charge is -2.18. The third-order valence-corrected chi connectivity index (χ3v) is 5.61. The van der Waals surface area contributed by atoms with Crippen LogP contribution in [-0.4, -0.2) is 25.7 Å². The van der Waals surface area contributed by atoms with Crippen molar-refractivity contribution in [1.29, 1.82) is 0 Å². The van der Waals surface area contributed by atoms with Crippen LogP contribution in [0.5, 0.6) is 0 Å². The molecular weight excluding hydrogens is 386 g/mol. The fraction of sp³-hybridized carbons (Fsp3) is 0.200. The van der Waals surface area contributed by atoms with E-state index in [0.29, 0.717) is 30.5 Å². The molecule has 1 aliphatic rings. The lowest BCUT2D eigenvalue weighted by atomic mass is 9.97. The molecule has 0 unspecified atom stereocenters. The summed E-state index contributed by atoms with van der Waals surface area (Å²) in [5, 5.41) is 4.25. The van der Waals surface area contributed by atoms with Gasteiger partial charge in [-0.3, -0.25) is 9.69 Å². The zero-order valence-electron chi connectivity index (χ0n) is 17.6. The summed E-state index contributed by atoms with van der Waals surface area (Å²) < 4.78 is 1.81. The number of nitrogens with zero attached hydrogens (tertiary/aromatic N) is 5. The maximum Gasteiger partial charge on any atom is 0.233 e. The second kappa shape index (κ2) is 7.80. The van der Waals surface area contributed by atoms with Crippen LogP contribution in [0.1, 0.15) is 36.5 Å². The first-order chi connectivity index (χ1) is 15.1. The molecule has 31 heavy (non-hydrogen) atoms. The molecule has 0 atom stereocenters. The third kappa shape index (κ3) is 3.61. The van der Waals surface area contributed by atoms with Gasteiger partial charge in [0, 0.05) is 29.7 Å². The molecule has 2 aromatic carbocycles. The predicted octanol–water partition coefficient (Wildman–Crippen LogP) is 4.54. The van der Waals surface area contributed by atoms with Gasteiger partial charge in [-0.15, -0.1) is 0 Å². The minimum Gasteiger partial charge on any atom is -0.292 e. The second-order valence-corrected chi connectivity index (χ2v) is 8.06. The summed E-state index contributed by atoms with van der Waals surface area (Å²) in [6, 6.07) is 18.2. The van der Waals surface area contributed by atoms with E-state index in [1.165, 1.54) is 5.56 Å². The topological polar surface area (TPSA) is 63.9 Å². The lowest BCUT2D eigenvalue weighted by molar-refractivity contribution is -0.117. The van der Waals surface area contributed by atoms with Gasteiger partial charge in [0.05, 0.1) is 18.7 Å². The van der Waals surface area contributed by atoms with Crippen molar-refractivity contribution in [2.45, 2.75) is 32.7 Å². The summed E-state index contributed by atoms with van der Waals surface area (Å²) in [6.45, 7) is 4.80. The zero-order chi connectivity index (χ0) is 21.4. The van der Waals surface area contributed by atoms with E-state index in [1.807, 2.05) is 59.4 Å². The van der Waals surface area contributed by atoms with Crippen LogP contribution in [0.4, 0.5) is 5.82 Å². The first kappa shape index (κ1) is 19.2. The maximum absolute atomic E-state index is 12.8. The van der Waals surface area contributed by atoms with E-state index in [0.717, 1.165) is 22.4 Å². The van der Waals surface area contributed by atoms with Crippen molar-refractivity contribution in [3.8, 4) is 17.1 Å². The highest BCUT2D eigenvalue weighted by molar-refractivity contribution is 6.00. The fourth-order valence-electron chi connectivity index (χ4n) is 3.99. The molecule has 5 rings (SSSR count). The normalized spacial score (nSPS) is 13.1. The van der Waals surface area contributed by atoms with Crippen molar-refractivity contribution < 1.29 is 4.79 Å². The maximum atomic E-state index is 12.8. The Kier molecular flexibility index (Phi) is 4.82. The van der Waals surface area contributed by atoms with Crippen LogP contribution < -0.4 is 4.90 Å². The monoisotopic (exact) mass is 409 g/mol. The Labute approximate surface area is 181 Å². The summed E-state index contributed by atoms with van der Waals surface area (Å²) in [5.74, 6) is 1.79. The van der Waals surface area contributed by atoms with Gasteiger partial charge < -0.3 is 0 Å². The van der Waals surface area contributed by atoms with Gasteiger partial charge in [0.1, 0.15) is 5.82 Å². The molecule has 6 heteroatoms. The van der Waals surface area contributed by atoms with E-state index in [1.54, 1.807) is 17.3 Å². The molecule has 0 radical (unpaired) electrons. The molecule has 2 aromatic heterocycles. The van der Waals surface area contributed by atoms with Crippen LogP contribution in [0.2, 0.25) is 0 Å². The van der Waals surface area contributed by atoms with Gasteiger partial charge >= 0.3 is 0 Å². The molecule has 6 nitrogen and oxygen atoms in total. The van der Waals surface area contributed by atoms with Crippen molar-refractivity contribution in [3.05, 3.63) is 89.9 Å². The van der Waals surface area contributed by atoms with Crippen molar-refractivity contribution in [2.75, 3.05) is 4.90 Å². The highest BCUT2D eigenvalue weighted by Crippen LogP contribution is 2.32. The number of hydrogen-bond donors (Lipinski definition) is 0. The van der Waals surface area contributed by atoms with Gasteiger partial charge in [0.25, 0.3) is 0 Å². The summed E-state index contributed by atoms with van der Waals surface area (Å²) in [4.78, 5) is 23.9. The minimum atomic E-state index is 0.0507. The Morgan fingerprint density at radius 2 is 1.84 bits per heavy atom. The Hall–Kier alpha value is -3.80.